The summed E-state index contributed by atoms with van der Waals surface area (Å²) >= 11 is 0. The van der Waals surface area contributed by atoms with Crippen LogP contribution in [0.5, 0.6) is 23.3 Å². The first-order valence-electron chi connectivity index (χ1n) is 9.45. The number of pyridine rings is 1. The van der Waals surface area contributed by atoms with Gasteiger partial charge >= 0.3 is 0 Å². The largest absolute Gasteiger partial charge is 0.496 e. The second-order valence-electron chi connectivity index (χ2n) is 6.75. The normalized spacial score (nSPS) is 10.9. The Morgan fingerprint density at radius 1 is 0.938 bits per heavy atom. The molecule has 0 radical (unpaired) electrons. The number of ketones is 1. The predicted octanol–water partition coefficient (Wildman–Crippen LogP) is 2.38. The molecule has 10 nitrogen and oxygen atoms in total. The molecule has 1 aromatic heterocycles. The van der Waals surface area contributed by atoms with E-state index in [2.05, 4.69) is 4.98 Å². The number of benzene rings is 1. The fourth-order valence-corrected chi connectivity index (χ4v) is 4.01. The average Bonchev–Trinajstić information content (AvgIpc) is 2.76. The Kier molecular flexibility index (Phi) is 8.03. The number of hydrogen-bond donors (Lipinski definition) is 0. The number of aryl methyl sites for hydroxylation is 1. The van der Waals surface area contributed by atoms with E-state index in [1.54, 1.807) is 13.0 Å². The lowest BCUT2D eigenvalue weighted by Crippen LogP contribution is -2.36. The summed E-state index contributed by atoms with van der Waals surface area (Å²) in [5, 5.41) is 0. The van der Waals surface area contributed by atoms with Gasteiger partial charge in [0.1, 0.15) is 17.2 Å². The van der Waals surface area contributed by atoms with Crippen LogP contribution in [-0.2, 0) is 14.8 Å². The Labute approximate surface area is 187 Å². The van der Waals surface area contributed by atoms with Crippen molar-refractivity contribution < 1.29 is 37.0 Å². The van der Waals surface area contributed by atoms with E-state index in [1.807, 2.05) is 0 Å². The zero-order valence-corrected chi connectivity index (χ0v) is 19.6. The Hall–Kier alpha value is -3.34. The molecule has 11 heteroatoms. The van der Waals surface area contributed by atoms with Crippen LogP contribution in [0.25, 0.3) is 0 Å². The van der Waals surface area contributed by atoms with Gasteiger partial charge in [-0.15, -0.1) is 0 Å². The van der Waals surface area contributed by atoms with E-state index >= 15 is 0 Å². The van der Waals surface area contributed by atoms with Crippen LogP contribution in [0.3, 0.4) is 0 Å². The lowest BCUT2D eigenvalue weighted by Gasteiger charge is -2.22. The van der Waals surface area contributed by atoms with Crippen molar-refractivity contribution in [2.24, 2.45) is 0 Å². The number of methoxy groups -OCH3 is 4. The molecule has 174 valence electrons. The minimum Gasteiger partial charge on any atom is -0.496 e. The first-order valence-corrected chi connectivity index (χ1v) is 11.3. The molecule has 0 N–H and O–H groups in total. The highest BCUT2D eigenvalue weighted by molar-refractivity contribution is 7.92. The van der Waals surface area contributed by atoms with Gasteiger partial charge in [0, 0.05) is 18.9 Å². The second-order valence-corrected chi connectivity index (χ2v) is 8.58. The van der Waals surface area contributed by atoms with Crippen molar-refractivity contribution in [3.63, 3.8) is 0 Å². The van der Waals surface area contributed by atoms with Gasteiger partial charge in [-0.1, -0.05) is 0 Å². The van der Waals surface area contributed by atoms with Crippen molar-refractivity contribution in [1.82, 2.24) is 4.98 Å². The van der Waals surface area contributed by atoms with Gasteiger partial charge in [-0.05, 0) is 30.7 Å². The highest BCUT2D eigenvalue weighted by atomic mass is 32.2. The van der Waals surface area contributed by atoms with Crippen LogP contribution in [0.1, 0.15) is 28.8 Å². The fraction of sp³-hybridized carbons (Fsp3) is 0.381. The van der Waals surface area contributed by atoms with E-state index in [-0.39, 0.29) is 35.9 Å². The van der Waals surface area contributed by atoms with Crippen molar-refractivity contribution in [1.29, 1.82) is 0 Å². The maximum absolute atomic E-state index is 12.9. The standard InChI is InChI=1S/C21H26N2O8S/c1-13-11-18(29-3)14(12-17(13)28-2)16(24)8-10-20(25)23(32(6,26)27)15-7-9-19(30-4)22-21(15)31-5/h7,9,11-12H,8,10H2,1-6H3. The second kappa shape index (κ2) is 10.3. The molecule has 0 saturated carbocycles. The van der Waals surface area contributed by atoms with Crippen molar-refractivity contribution in [3.05, 3.63) is 35.4 Å². The molecule has 0 aliphatic rings. The molecule has 0 fully saturated rings. The Balaban J connectivity index is 2.33. The topological polar surface area (TPSA) is 121 Å². The molecule has 2 rings (SSSR count). The molecule has 32 heavy (non-hydrogen) atoms. The number of nitrogens with zero attached hydrogens (tertiary/aromatic N) is 2. The van der Waals surface area contributed by atoms with E-state index in [0.29, 0.717) is 15.8 Å². The molecular weight excluding hydrogens is 440 g/mol. The Bertz CT molecular complexity index is 1120. The summed E-state index contributed by atoms with van der Waals surface area (Å²) in [5.41, 5.74) is 0.930. The number of aromatic nitrogens is 1. The summed E-state index contributed by atoms with van der Waals surface area (Å²) in [6.45, 7) is 1.80. The van der Waals surface area contributed by atoms with Gasteiger partial charge in [0.2, 0.25) is 27.7 Å². The number of amides is 1. The number of hydrogen-bond acceptors (Lipinski definition) is 9. The minimum atomic E-state index is -4.04. The average molecular weight is 467 g/mol. The van der Waals surface area contributed by atoms with Gasteiger partial charge in [-0.3, -0.25) is 9.59 Å². The van der Waals surface area contributed by atoms with Crippen LogP contribution in [-0.4, -0.2) is 59.8 Å². The smallest absolute Gasteiger partial charge is 0.242 e. The Morgan fingerprint density at radius 3 is 2.12 bits per heavy atom. The van der Waals surface area contributed by atoms with Gasteiger partial charge < -0.3 is 18.9 Å². The van der Waals surface area contributed by atoms with Gasteiger partial charge in [0.05, 0.1) is 40.3 Å². The molecule has 1 amide bonds. The third-order valence-corrected chi connectivity index (χ3v) is 5.64. The summed E-state index contributed by atoms with van der Waals surface area (Å²) in [5.74, 6) is -0.318. The van der Waals surface area contributed by atoms with Gasteiger partial charge in [0.25, 0.3) is 0 Å². The fourth-order valence-electron chi connectivity index (χ4n) is 3.06. The van der Waals surface area contributed by atoms with Crippen molar-refractivity contribution in [3.8, 4) is 23.3 Å². The molecule has 2 aromatic rings. The SMILES string of the molecule is COc1ccc(N(C(=O)CCC(=O)c2cc(OC)c(C)cc2OC)S(C)(=O)=O)c(OC)n1. The molecule has 0 unspecified atom stereocenters. The molecule has 0 saturated heterocycles. The summed E-state index contributed by atoms with van der Waals surface area (Å²) in [7, 11) is 1.54. The van der Waals surface area contributed by atoms with E-state index < -0.39 is 21.7 Å². The van der Waals surface area contributed by atoms with E-state index in [1.165, 1.54) is 46.6 Å². The number of rotatable bonds is 10. The van der Waals surface area contributed by atoms with Crippen LogP contribution in [0.2, 0.25) is 0 Å². The predicted molar refractivity (Wildman–Crippen MR) is 118 cm³/mol. The molecule has 0 aliphatic carbocycles. The quantitative estimate of drug-likeness (QED) is 0.486. The number of anilines is 1. The van der Waals surface area contributed by atoms with Crippen LogP contribution >= 0.6 is 0 Å². The third-order valence-electron chi connectivity index (χ3n) is 4.58. The van der Waals surface area contributed by atoms with E-state index in [9.17, 15) is 18.0 Å². The number of sulfonamides is 1. The van der Waals surface area contributed by atoms with Crippen molar-refractivity contribution >= 4 is 27.4 Å². The highest BCUT2D eigenvalue weighted by Crippen LogP contribution is 2.32. The van der Waals surface area contributed by atoms with Crippen molar-refractivity contribution in [2.45, 2.75) is 19.8 Å². The van der Waals surface area contributed by atoms with Crippen molar-refractivity contribution in [2.75, 3.05) is 39.0 Å². The van der Waals surface area contributed by atoms with Crippen LogP contribution < -0.4 is 23.3 Å². The minimum absolute atomic E-state index is 0.0807. The van der Waals surface area contributed by atoms with Gasteiger partial charge in [-0.2, -0.15) is 4.98 Å². The zero-order chi connectivity index (χ0) is 24.1. The lowest BCUT2D eigenvalue weighted by molar-refractivity contribution is -0.117. The molecule has 0 bridgehead atoms. The van der Waals surface area contributed by atoms with Crippen LogP contribution in [0.4, 0.5) is 5.69 Å². The third kappa shape index (κ3) is 5.47. The van der Waals surface area contributed by atoms with E-state index in [4.69, 9.17) is 18.9 Å². The number of Topliss-reactive ketones (excluding diaryl/α,β-unsaturated/α-hetero) is 1. The first-order chi connectivity index (χ1) is 15.1. The Morgan fingerprint density at radius 2 is 1.59 bits per heavy atom. The van der Waals surface area contributed by atoms with Crippen LogP contribution in [0.15, 0.2) is 24.3 Å². The van der Waals surface area contributed by atoms with Gasteiger partial charge in [-0.25, -0.2) is 12.7 Å². The maximum atomic E-state index is 12.9. The summed E-state index contributed by atoms with van der Waals surface area (Å²) in [6, 6.07) is 5.94. The van der Waals surface area contributed by atoms with Crippen LogP contribution in [0, 0.1) is 6.92 Å². The van der Waals surface area contributed by atoms with E-state index in [0.717, 1.165) is 11.8 Å². The number of carbonyl (C=O) groups is 2. The highest BCUT2D eigenvalue weighted by Gasteiger charge is 2.30. The molecule has 1 aromatic carbocycles. The molecular formula is C21H26N2O8S. The van der Waals surface area contributed by atoms with Gasteiger partial charge in [0.15, 0.2) is 5.78 Å². The molecule has 0 atom stereocenters. The summed E-state index contributed by atoms with van der Waals surface area (Å²) < 4.78 is 46.0. The zero-order valence-electron chi connectivity index (χ0n) is 18.8. The molecule has 0 aliphatic heterocycles. The number of ether oxygens (including phenoxy) is 4. The monoisotopic (exact) mass is 466 g/mol. The number of carbonyl (C=O) groups excluding carboxylic acids is 2. The first kappa shape index (κ1) is 24.9. The maximum Gasteiger partial charge on any atom is 0.242 e. The summed E-state index contributed by atoms with van der Waals surface area (Å²) in [6.07, 6.45) is 0.254. The summed E-state index contributed by atoms with van der Waals surface area (Å²) in [4.78, 5) is 29.7. The molecule has 0 spiro atoms. The molecule has 1 heterocycles. The lowest BCUT2D eigenvalue weighted by atomic mass is 10.0.